The van der Waals surface area contributed by atoms with Crippen molar-refractivity contribution in [2.24, 2.45) is 0 Å². The van der Waals surface area contributed by atoms with Crippen LogP contribution >= 0.6 is 0 Å². The summed E-state index contributed by atoms with van der Waals surface area (Å²) in [7, 11) is 0. The van der Waals surface area contributed by atoms with Crippen LogP contribution < -0.4 is 0 Å². The van der Waals surface area contributed by atoms with Gasteiger partial charge in [-0.1, -0.05) is 38.7 Å². The molecule has 0 heterocycles. The first-order chi connectivity index (χ1) is 8.70. The zero-order chi connectivity index (χ0) is 13.6. The molecule has 0 saturated carbocycles. The molecular formula is C15H24O3. The summed E-state index contributed by atoms with van der Waals surface area (Å²) in [6.45, 7) is 3.91. The molecule has 0 amide bonds. The molecule has 0 rings (SSSR count). The van der Waals surface area contributed by atoms with Gasteiger partial charge in [0, 0.05) is 18.9 Å². The topological polar surface area (TPSA) is 43.4 Å². The van der Waals surface area contributed by atoms with Crippen LogP contribution in [0.5, 0.6) is 0 Å². The Labute approximate surface area is 110 Å². The predicted octanol–water partition coefficient (Wildman–Crippen LogP) is 3.94. The van der Waals surface area contributed by atoms with Crippen molar-refractivity contribution in [2.75, 3.05) is 0 Å². The molecule has 102 valence electrons. The second kappa shape index (κ2) is 12.1. The summed E-state index contributed by atoms with van der Waals surface area (Å²) in [6.07, 6.45) is 12.5. The number of hydrogen-bond donors (Lipinski definition) is 0. The SMILES string of the molecule is C/C=C/C(=O)OC=CCC(=O)CCCCCCC. The van der Waals surface area contributed by atoms with E-state index >= 15 is 0 Å². The van der Waals surface area contributed by atoms with Crippen molar-refractivity contribution in [1.29, 1.82) is 0 Å². The second-order valence-corrected chi connectivity index (χ2v) is 4.22. The zero-order valence-corrected chi connectivity index (χ0v) is 11.5. The molecule has 0 aliphatic carbocycles. The first-order valence-electron chi connectivity index (χ1n) is 6.70. The molecule has 0 aromatic heterocycles. The van der Waals surface area contributed by atoms with Gasteiger partial charge in [0.1, 0.15) is 5.78 Å². The maximum Gasteiger partial charge on any atom is 0.335 e. The lowest BCUT2D eigenvalue weighted by atomic mass is 10.1. The summed E-state index contributed by atoms with van der Waals surface area (Å²) in [6, 6.07) is 0. The minimum Gasteiger partial charge on any atom is -0.432 e. The van der Waals surface area contributed by atoms with Crippen LogP contribution in [0.1, 0.15) is 58.8 Å². The number of ketones is 1. The summed E-state index contributed by atoms with van der Waals surface area (Å²) in [5.74, 6) is -0.217. The van der Waals surface area contributed by atoms with E-state index in [0.29, 0.717) is 12.8 Å². The molecule has 0 unspecified atom stereocenters. The number of rotatable bonds is 10. The highest BCUT2D eigenvalue weighted by atomic mass is 16.5. The third kappa shape index (κ3) is 11.1. The lowest BCUT2D eigenvalue weighted by Gasteiger charge is -1.98. The molecule has 0 fully saturated rings. The Hall–Kier alpha value is -1.38. The molecule has 3 nitrogen and oxygen atoms in total. The van der Waals surface area contributed by atoms with E-state index < -0.39 is 5.97 Å². The van der Waals surface area contributed by atoms with Crippen molar-refractivity contribution in [3.63, 3.8) is 0 Å². The molecule has 0 aliphatic heterocycles. The van der Waals surface area contributed by atoms with Crippen molar-refractivity contribution < 1.29 is 14.3 Å². The third-order valence-corrected chi connectivity index (χ3v) is 2.49. The van der Waals surface area contributed by atoms with E-state index in [0.717, 1.165) is 12.8 Å². The molecule has 0 spiro atoms. The van der Waals surface area contributed by atoms with Gasteiger partial charge in [-0.25, -0.2) is 4.79 Å². The minimum absolute atomic E-state index is 0.199. The van der Waals surface area contributed by atoms with Crippen LogP contribution in [-0.4, -0.2) is 11.8 Å². The predicted molar refractivity (Wildman–Crippen MR) is 73.0 cm³/mol. The van der Waals surface area contributed by atoms with Gasteiger partial charge in [-0.05, 0) is 19.4 Å². The smallest absolute Gasteiger partial charge is 0.335 e. The van der Waals surface area contributed by atoms with Gasteiger partial charge in [-0.2, -0.15) is 0 Å². The summed E-state index contributed by atoms with van der Waals surface area (Å²) in [5.41, 5.74) is 0. The third-order valence-electron chi connectivity index (χ3n) is 2.49. The first-order valence-corrected chi connectivity index (χ1v) is 6.70. The van der Waals surface area contributed by atoms with Crippen LogP contribution in [0.4, 0.5) is 0 Å². The van der Waals surface area contributed by atoms with Crippen molar-refractivity contribution in [3.05, 3.63) is 24.5 Å². The fourth-order valence-corrected chi connectivity index (χ4v) is 1.50. The normalized spacial score (nSPS) is 11.2. The average molecular weight is 252 g/mol. The molecule has 0 radical (unpaired) electrons. The van der Waals surface area contributed by atoms with Crippen LogP contribution in [0.2, 0.25) is 0 Å². The lowest BCUT2D eigenvalue weighted by Crippen LogP contribution is -1.97. The van der Waals surface area contributed by atoms with E-state index in [1.807, 2.05) is 0 Å². The number of Topliss-reactive ketones (excluding diaryl/α,β-unsaturated/α-hetero) is 1. The molecule has 18 heavy (non-hydrogen) atoms. The molecule has 0 bridgehead atoms. The lowest BCUT2D eigenvalue weighted by molar-refractivity contribution is -0.132. The van der Waals surface area contributed by atoms with E-state index in [9.17, 15) is 9.59 Å². The number of unbranched alkanes of at least 4 members (excludes halogenated alkanes) is 4. The molecule has 0 saturated heterocycles. The van der Waals surface area contributed by atoms with Gasteiger partial charge < -0.3 is 4.74 Å². The second-order valence-electron chi connectivity index (χ2n) is 4.22. The Morgan fingerprint density at radius 2 is 1.83 bits per heavy atom. The largest absolute Gasteiger partial charge is 0.432 e. The van der Waals surface area contributed by atoms with Gasteiger partial charge in [0.2, 0.25) is 0 Å². The fourth-order valence-electron chi connectivity index (χ4n) is 1.50. The van der Waals surface area contributed by atoms with Gasteiger partial charge in [0.15, 0.2) is 0 Å². The zero-order valence-electron chi connectivity index (χ0n) is 11.5. The monoisotopic (exact) mass is 252 g/mol. The number of esters is 1. The highest BCUT2D eigenvalue weighted by Gasteiger charge is 1.99. The number of carbonyl (C=O) groups excluding carboxylic acids is 2. The van der Waals surface area contributed by atoms with E-state index in [1.165, 1.54) is 31.6 Å². The average Bonchev–Trinajstić information content (AvgIpc) is 2.35. The standard InChI is InChI=1S/C15H24O3/c1-3-5-6-7-8-11-14(16)12-9-13-18-15(17)10-4-2/h4,9-10,13H,3,5-8,11-12H2,1-2H3/b10-4+,13-9?. The Bertz CT molecular complexity index is 290. The number of hydrogen-bond acceptors (Lipinski definition) is 3. The number of allylic oxidation sites excluding steroid dienone is 2. The number of ether oxygens (including phenoxy) is 1. The molecule has 0 aromatic carbocycles. The highest BCUT2D eigenvalue weighted by Crippen LogP contribution is 2.06. The van der Waals surface area contributed by atoms with E-state index in [4.69, 9.17) is 4.74 Å². The number of carbonyl (C=O) groups is 2. The Kier molecular flexibility index (Phi) is 11.2. The molecule has 0 atom stereocenters. The Morgan fingerprint density at radius 1 is 1.11 bits per heavy atom. The van der Waals surface area contributed by atoms with Gasteiger partial charge in [0.05, 0.1) is 6.26 Å². The summed E-state index contributed by atoms with van der Waals surface area (Å²) in [4.78, 5) is 22.4. The molecule has 0 aliphatic rings. The van der Waals surface area contributed by atoms with Gasteiger partial charge in [-0.15, -0.1) is 0 Å². The van der Waals surface area contributed by atoms with Crippen molar-refractivity contribution >= 4 is 11.8 Å². The Balaban J connectivity index is 3.52. The van der Waals surface area contributed by atoms with Crippen LogP contribution in [-0.2, 0) is 14.3 Å². The van der Waals surface area contributed by atoms with Crippen LogP contribution in [0, 0.1) is 0 Å². The highest BCUT2D eigenvalue weighted by molar-refractivity contribution is 5.82. The Morgan fingerprint density at radius 3 is 2.50 bits per heavy atom. The van der Waals surface area contributed by atoms with Gasteiger partial charge in [-0.3, -0.25) is 4.79 Å². The van der Waals surface area contributed by atoms with Crippen molar-refractivity contribution in [3.8, 4) is 0 Å². The molecule has 0 aromatic rings. The van der Waals surface area contributed by atoms with E-state index in [-0.39, 0.29) is 5.78 Å². The summed E-state index contributed by atoms with van der Waals surface area (Å²) < 4.78 is 4.73. The van der Waals surface area contributed by atoms with Gasteiger partial charge in [0.25, 0.3) is 0 Å². The minimum atomic E-state index is -0.416. The maximum atomic E-state index is 11.4. The molecular weight excluding hydrogens is 228 g/mol. The first kappa shape index (κ1) is 16.6. The van der Waals surface area contributed by atoms with E-state index in [2.05, 4.69) is 6.92 Å². The van der Waals surface area contributed by atoms with Gasteiger partial charge >= 0.3 is 5.97 Å². The van der Waals surface area contributed by atoms with Crippen LogP contribution in [0.25, 0.3) is 0 Å². The molecule has 0 N–H and O–H groups in total. The quantitative estimate of drug-likeness (QED) is 0.256. The fraction of sp³-hybridized carbons (Fsp3) is 0.600. The van der Waals surface area contributed by atoms with Crippen molar-refractivity contribution in [2.45, 2.75) is 58.8 Å². The molecule has 3 heteroatoms. The summed E-state index contributed by atoms with van der Waals surface area (Å²) >= 11 is 0. The van der Waals surface area contributed by atoms with E-state index in [1.54, 1.807) is 19.1 Å². The maximum absolute atomic E-state index is 11.4. The van der Waals surface area contributed by atoms with Crippen LogP contribution in [0.15, 0.2) is 24.5 Å². The van der Waals surface area contributed by atoms with Crippen LogP contribution in [0.3, 0.4) is 0 Å². The summed E-state index contributed by atoms with van der Waals surface area (Å²) in [5, 5.41) is 0. The van der Waals surface area contributed by atoms with Crippen molar-refractivity contribution in [1.82, 2.24) is 0 Å².